The predicted octanol–water partition coefficient (Wildman–Crippen LogP) is 3.88. The number of para-hydroxylation sites is 2. The van der Waals surface area contributed by atoms with Gasteiger partial charge in [-0.3, -0.25) is 9.97 Å². The first-order chi connectivity index (χ1) is 10.8. The zero-order valence-corrected chi connectivity index (χ0v) is 13.3. The second-order valence-electron chi connectivity index (χ2n) is 4.70. The monoisotopic (exact) mass is 345 g/mol. The number of pyridine rings is 2. The van der Waals surface area contributed by atoms with Crippen LogP contribution in [0.4, 0.5) is 0 Å². The van der Waals surface area contributed by atoms with E-state index in [1.165, 1.54) is 0 Å². The topological polar surface area (TPSA) is 66.2 Å². The fourth-order valence-corrected chi connectivity index (χ4v) is 2.18. The number of nitrogens with zero attached hydrogens (tertiary/aromatic N) is 2. The van der Waals surface area contributed by atoms with Crippen molar-refractivity contribution in [1.82, 2.24) is 9.97 Å². The molecule has 0 saturated carbocycles. The Balaban J connectivity index is 0.000000160. The molecule has 4 nitrogen and oxygen atoms in total. The van der Waals surface area contributed by atoms with E-state index in [1.54, 1.807) is 36.7 Å². The minimum Gasteiger partial charge on any atom is -0.506 e. The Kier molecular flexibility index (Phi) is 5.52. The van der Waals surface area contributed by atoms with Crippen LogP contribution in [0.15, 0.2) is 73.1 Å². The summed E-state index contributed by atoms with van der Waals surface area (Å²) in [6, 6.07) is 18.3. The maximum atomic E-state index is 9.31. The maximum Gasteiger partial charge on any atom is 0.141 e. The zero-order valence-electron chi connectivity index (χ0n) is 12.1. The maximum absolute atomic E-state index is 9.31. The van der Waals surface area contributed by atoms with Crippen molar-refractivity contribution in [3.05, 3.63) is 73.1 Å². The van der Waals surface area contributed by atoms with Crippen LogP contribution in [0, 0.1) is 0 Å². The second kappa shape index (κ2) is 7.58. The van der Waals surface area contributed by atoms with Gasteiger partial charge < -0.3 is 10.2 Å². The van der Waals surface area contributed by atoms with Gasteiger partial charge in [-0.25, -0.2) is 0 Å². The quantitative estimate of drug-likeness (QED) is 0.475. The summed E-state index contributed by atoms with van der Waals surface area (Å²) >= 11 is 0. The Hall–Kier alpha value is -2.62. The third-order valence-corrected chi connectivity index (χ3v) is 3.22. The Morgan fingerprint density at radius 1 is 0.565 bits per heavy atom. The number of rotatable bonds is 0. The molecule has 0 unspecified atom stereocenters. The minimum atomic E-state index is 0. The van der Waals surface area contributed by atoms with Crippen molar-refractivity contribution in [2.75, 3.05) is 0 Å². The van der Waals surface area contributed by atoms with E-state index in [-0.39, 0.29) is 28.6 Å². The third-order valence-electron chi connectivity index (χ3n) is 3.22. The standard InChI is InChI=1S/2C9H7NO.Mn/c2*11-8-5-1-3-7-4-2-6-10-9(7)8;/h2*1-6,11H;. The molecule has 0 bridgehead atoms. The molecule has 0 aliphatic carbocycles. The number of fused-ring (bicyclic) bond motifs is 2. The largest absolute Gasteiger partial charge is 0.506 e. The molecule has 0 atom stereocenters. The second-order valence-corrected chi connectivity index (χ2v) is 4.70. The summed E-state index contributed by atoms with van der Waals surface area (Å²) in [6.07, 6.45) is 3.34. The van der Waals surface area contributed by atoms with Crippen molar-refractivity contribution in [2.24, 2.45) is 0 Å². The molecule has 5 heteroatoms. The molecule has 2 N–H and O–H groups in total. The molecular weight excluding hydrogens is 331 g/mol. The summed E-state index contributed by atoms with van der Waals surface area (Å²) in [5, 5.41) is 20.5. The van der Waals surface area contributed by atoms with Gasteiger partial charge in [0.15, 0.2) is 0 Å². The summed E-state index contributed by atoms with van der Waals surface area (Å²) in [5.74, 6) is 0.478. The van der Waals surface area contributed by atoms with Gasteiger partial charge in [0.05, 0.1) is 0 Å². The first-order valence-corrected chi connectivity index (χ1v) is 6.81. The summed E-state index contributed by atoms with van der Waals surface area (Å²) in [4.78, 5) is 8.06. The van der Waals surface area contributed by atoms with Crippen molar-refractivity contribution < 1.29 is 27.3 Å². The molecule has 4 aromatic rings. The van der Waals surface area contributed by atoms with Crippen LogP contribution in [0.5, 0.6) is 11.5 Å². The van der Waals surface area contributed by atoms with Crippen LogP contribution in [-0.4, -0.2) is 20.2 Å². The van der Waals surface area contributed by atoms with Gasteiger partial charge in [0.25, 0.3) is 0 Å². The van der Waals surface area contributed by atoms with Crippen LogP contribution >= 0.6 is 0 Å². The van der Waals surface area contributed by atoms with Gasteiger partial charge >= 0.3 is 0 Å². The van der Waals surface area contributed by atoms with Gasteiger partial charge in [-0.05, 0) is 24.3 Å². The Bertz CT molecular complexity index is 841. The first-order valence-electron chi connectivity index (χ1n) is 6.81. The molecule has 0 aliphatic heterocycles. The average Bonchev–Trinajstić information content (AvgIpc) is 2.57. The molecule has 2 aromatic heterocycles. The number of phenols is 2. The van der Waals surface area contributed by atoms with Gasteiger partial charge in [0, 0.05) is 40.2 Å². The van der Waals surface area contributed by atoms with E-state index < -0.39 is 0 Å². The Labute approximate surface area is 143 Å². The number of benzene rings is 2. The number of phenolic OH excluding ortho intramolecular Hbond substituents is 2. The number of hydrogen-bond donors (Lipinski definition) is 2. The molecule has 23 heavy (non-hydrogen) atoms. The van der Waals surface area contributed by atoms with Crippen molar-refractivity contribution in [2.45, 2.75) is 0 Å². The molecule has 2 aromatic carbocycles. The molecule has 115 valence electrons. The molecule has 4 rings (SSSR count). The number of hydrogen-bond acceptors (Lipinski definition) is 4. The molecule has 0 spiro atoms. The van der Waals surface area contributed by atoms with Crippen molar-refractivity contribution in [3.63, 3.8) is 0 Å². The molecule has 0 saturated heterocycles. The van der Waals surface area contributed by atoms with E-state index in [2.05, 4.69) is 9.97 Å². The zero-order chi connectivity index (χ0) is 15.4. The Morgan fingerprint density at radius 2 is 0.957 bits per heavy atom. The average molecular weight is 345 g/mol. The van der Waals surface area contributed by atoms with Crippen LogP contribution in [0.1, 0.15) is 0 Å². The van der Waals surface area contributed by atoms with E-state index in [1.807, 2.05) is 36.4 Å². The summed E-state index contributed by atoms with van der Waals surface area (Å²) in [6.45, 7) is 0. The van der Waals surface area contributed by atoms with Crippen molar-refractivity contribution in [1.29, 1.82) is 0 Å². The van der Waals surface area contributed by atoms with Crippen LogP contribution < -0.4 is 0 Å². The van der Waals surface area contributed by atoms with Gasteiger partial charge in [-0.15, -0.1) is 0 Å². The van der Waals surface area contributed by atoms with E-state index in [4.69, 9.17) is 0 Å². The summed E-state index contributed by atoms with van der Waals surface area (Å²) in [5.41, 5.74) is 1.32. The predicted molar refractivity (Wildman–Crippen MR) is 86.8 cm³/mol. The molecule has 0 amide bonds. The molecular formula is C18H14MnN2O2. The van der Waals surface area contributed by atoms with Gasteiger partial charge in [-0.1, -0.05) is 36.4 Å². The molecule has 1 radical (unpaired) electrons. The molecule has 0 aliphatic rings. The van der Waals surface area contributed by atoms with Crippen LogP contribution in [0.2, 0.25) is 0 Å². The minimum absolute atomic E-state index is 0. The van der Waals surface area contributed by atoms with Crippen molar-refractivity contribution >= 4 is 21.8 Å². The van der Waals surface area contributed by atoms with Gasteiger partial charge in [0.1, 0.15) is 22.5 Å². The Morgan fingerprint density at radius 3 is 1.35 bits per heavy atom. The van der Waals surface area contributed by atoms with E-state index in [0.717, 1.165) is 10.8 Å². The van der Waals surface area contributed by atoms with Gasteiger partial charge in [0.2, 0.25) is 0 Å². The van der Waals surface area contributed by atoms with E-state index in [0.29, 0.717) is 11.0 Å². The van der Waals surface area contributed by atoms with Crippen molar-refractivity contribution in [3.8, 4) is 11.5 Å². The normalized spacial score (nSPS) is 9.74. The SMILES string of the molecule is Oc1cccc2cccnc12.Oc1cccc2cccnc12.[Mn]. The van der Waals surface area contributed by atoms with Crippen LogP contribution in [0.25, 0.3) is 21.8 Å². The smallest absolute Gasteiger partial charge is 0.141 e. The fourth-order valence-electron chi connectivity index (χ4n) is 2.18. The number of aromatic hydroxyl groups is 2. The van der Waals surface area contributed by atoms with E-state index >= 15 is 0 Å². The molecule has 0 fully saturated rings. The summed E-state index contributed by atoms with van der Waals surface area (Å²) < 4.78 is 0. The van der Waals surface area contributed by atoms with Gasteiger partial charge in [-0.2, -0.15) is 0 Å². The van der Waals surface area contributed by atoms with E-state index in [9.17, 15) is 10.2 Å². The summed E-state index contributed by atoms with van der Waals surface area (Å²) in [7, 11) is 0. The third kappa shape index (κ3) is 3.77. The first kappa shape index (κ1) is 16.7. The van der Waals surface area contributed by atoms with Crippen LogP contribution in [0.3, 0.4) is 0 Å². The van der Waals surface area contributed by atoms with Crippen LogP contribution in [-0.2, 0) is 17.1 Å². The fraction of sp³-hybridized carbons (Fsp3) is 0. The number of aromatic nitrogens is 2. The molecule has 2 heterocycles.